The van der Waals surface area contributed by atoms with Gasteiger partial charge in [0.2, 0.25) is 17.5 Å². The van der Waals surface area contributed by atoms with Crippen LogP contribution in [-0.4, -0.2) is 30.0 Å². The second-order valence-corrected chi connectivity index (χ2v) is 8.54. The maximum atomic E-state index is 12.9. The van der Waals surface area contributed by atoms with Crippen LogP contribution in [0.1, 0.15) is 18.5 Å². The summed E-state index contributed by atoms with van der Waals surface area (Å²) in [4.78, 5) is 31.4. The van der Waals surface area contributed by atoms with Crippen LogP contribution in [0, 0.1) is 17.2 Å². The molecule has 1 fully saturated rings. The van der Waals surface area contributed by atoms with Gasteiger partial charge in [0.15, 0.2) is 5.76 Å². The fourth-order valence-corrected chi connectivity index (χ4v) is 4.18. The molecule has 2 aromatic carbocycles. The van der Waals surface area contributed by atoms with Gasteiger partial charge in [-0.05, 0) is 55.3 Å². The van der Waals surface area contributed by atoms with Crippen LogP contribution in [0.4, 0.5) is 27.7 Å². The van der Waals surface area contributed by atoms with Gasteiger partial charge in [0.25, 0.3) is 5.89 Å². The van der Waals surface area contributed by atoms with Gasteiger partial charge < -0.3 is 29.7 Å². The molecule has 3 N–H and O–H groups in total. The van der Waals surface area contributed by atoms with Crippen molar-refractivity contribution in [3.8, 4) is 17.7 Å². The number of piperidine rings is 1. The van der Waals surface area contributed by atoms with Crippen molar-refractivity contribution in [1.82, 2.24) is 4.98 Å². The van der Waals surface area contributed by atoms with Crippen LogP contribution < -0.4 is 20.9 Å². The molecule has 186 valence electrons. The van der Waals surface area contributed by atoms with E-state index in [1.165, 1.54) is 6.26 Å². The van der Waals surface area contributed by atoms with Crippen molar-refractivity contribution in [3.05, 3.63) is 78.7 Å². The number of nitrogens with zero attached hydrogens (tertiary/aromatic N) is 3. The number of rotatable bonds is 6. The number of hydrogen-bond donors (Lipinski definition) is 3. The number of para-hydroxylation sites is 1. The largest absolute Gasteiger partial charge is 0.459 e. The first-order chi connectivity index (χ1) is 18.1. The highest BCUT2D eigenvalue weighted by Crippen LogP contribution is 2.31. The molecule has 0 unspecified atom stereocenters. The van der Waals surface area contributed by atoms with Crippen molar-refractivity contribution < 1.29 is 18.4 Å². The van der Waals surface area contributed by atoms with Crippen molar-refractivity contribution in [2.24, 2.45) is 5.92 Å². The normalized spacial score (nSPS) is 13.5. The zero-order chi connectivity index (χ0) is 25.6. The average molecular weight is 497 g/mol. The molecule has 37 heavy (non-hydrogen) atoms. The van der Waals surface area contributed by atoms with Crippen molar-refractivity contribution in [2.75, 3.05) is 33.9 Å². The lowest BCUT2D eigenvalue weighted by Gasteiger charge is -2.31. The Labute approximate surface area is 212 Å². The number of nitrogens with one attached hydrogen (secondary N) is 3. The zero-order valence-corrected chi connectivity index (χ0v) is 19.8. The van der Waals surface area contributed by atoms with E-state index in [9.17, 15) is 14.9 Å². The number of oxazole rings is 1. The molecular weight excluding hydrogens is 472 g/mol. The standard InChI is InChI=1S/C27H24N6O4/c28-17-22-26(37-25(32-22)23-10-5-15-36-23)33-13-11-18(12-14-33)24(34)29-20-8-4-9-21(16-20)31-27(35)30-19-6-2-1-3-7-19/h1-10,15-16,18H,11-14H2,(H,29,34)(H2,30,31,35). The molecule has 0 saturated carbocycles. The van der Waals surface area contributed by atoms with Gasteiger partial charge in [-0.15, -0.1) is 0 Å². The molecule has 2 aromatic heterocycles. The summed E-state index contributed by atoms with van der Waals surface area (Å²) in [5.74, 6) is 0.793. The van der Waals surface area contributed by atoms with E-state index >= 15 is 0 Å². The van der Waals surface area contributed by atoms with E-state index in [2.05, 4.69) is 27.0 Å². The number of anilines is 4. The van der Waals surface area contributed by atoms with Crippen molar-refractivity contribution in [3.63, 3.8) is 0 Å². The molecule has 10 heteroatoms. The summed E-state index contributed by atoms with van der Waals surface area (Å²) in [6.45, 7) is 1.08. The second-order valence-electron chi connectivity index (χ2n) is 8.54. The van der Waals surface area contributed by atoms with E-state index in [0.29, 0.717) is 54.6 Å². The summed E-state index contributed by atoms with van der Waals surface area (Å²) in [5.41, 5.74) is 2.02. The molecule has 3 amide bonds. The minimum Gasteiger partial charge on any atom is -0.459 e. The highest BCUT2D eigenvalue weighted by atomic mass is 16.4. The lowest BCUT2D eigenvalue weighted by molar-refractivity contribution is -0.120. The van der Waals surface area contributed by atoms with Gasteiger partial charge in [-0.1, -0.05) is 24.3 Å². The first-order valence-corrected chi connectivity index (χ1v) is 11.8. The third-order valence-corrected chi connectivity index (χ3v) is 6.02. The van der Waals surface area contributed by atoms with Crippen LogP contribution in [0.25, 0.3) is 11.7 Å². The van der Waals surface area contributed by atoms with Gasteiger partial charge in [0.05, 0.1) is 6.26 Å². The van der Waals surface area contributed by atoms with Crippen LogP contribution in [0.2, 0.25) is 0 Å². The van der Waals surface area contributed by atoms with E-state index < -0.39 is 0 Å². The lowest BCUT2D eigenvalue weighted by Crippen LogP contribution is -2.38. The molecule has 1 aliphatic heterocycles. The molecule has 0 bridgehead atoms. The van der Waals surface area contributed by atoms with Crippen molar-refractivity contribution in [2.45, 2.75) is 12.8 Å². The highest BCUT2D eigenvalue weighted by molar-refractivity contribution is 6.00. The zero-order valence-electron chi connectivity index (χ0n) is 19.8. The highest BCUT2D eigenvalue weighted by Gasteiger charge is 2.29. The van der Waals surface area contributed by atoms with E-state index in [-0.39, 0.29) is 29.4 Å². The summed E-state index contributed by atoms with van der Waals surface area (Å²) in [7, 11) is 0. The number of nitriles is 1. The SMILES string of the molecule is N#Cc1nc(-c2ccco2)oc1N1CCC(C(=O)Nc2cccc(NC(=O)Nc3ccccc3)c2)CC1. The van der Waals surface area contributed by atoms with Gasteiger partial charge in [0, 0.05) is 36.1 Å². The number of benzene rings is 2. The van der Waals surface area contributed by atoms with Gasteiger partial charge in [-0.2, -0.15) is 10.2 Å². The molecule has 10 nitrogen and oxygen atoms in total. The molecule has 0 aliphatic carbocycles. The molecule has 1 aliphatic rings. The second kappa shape index (κ2) is 10.7. The number of furan rings is 1. The third-order valence-electron chi connectivity index (χ3n) is 6.02. The first-order valence-electron chi connectivity index (χ1n) is 11.8. The van der Waals surface area contributed by atoms with E-state index in [4.69, 9.17) is 8.83 Å². The van der Waals surface area contributed by atoms with Crippen LogP contribution in [0.5, 0.6) is 0 Å². The molecule has 0 atom stereocenters. The number of amides is 3. The summed E-state index contributed by atoms with van der Waals surface area (Å²) in [5, 5.41) is 18.0. The molecule has 0 radical (unpaired) electrons. The lowest BCUT2D eigenvalue weighted by atomic mass is 9.96. The Morgan fingerprint density at radius 3 is 2.32 bits per heavy atom. The third kappa shape index (κ3) is 5.62. The topological polar surface area (TPSA) is 136 Å². The quantitative estimate of drug-likeness (QED) is 0.329. The predicted molar refractivity (Wildman–Crippen MR) is 138 cm³/mol. The predicted octanol–water partition coefficient (Wildman–Crippen LogP) is 5.31. The first kappa shape index (κ1) is 23.7. The maximum Gasteiger partial charge on any atom is 0.323 e. The Morgan fingerprint density at radius 1 is 0.919 bits per heavy atom. The number of carbonyl (C=O) groups excluding carboxylic acids is 2. The molecule has 1 saturated heterocycles. The molecule has 5 rings (SSSR count). The number of carbonyl (C=O) groups is 2. The van der Waals surface area contributed by atoms with Crippen LogP contribution in [0.3, 0.4) is 0 Å². The Hall–Kier alpha value is -5.04. The Morgan fingerprint density at radius 2 is 1.62 bits per heavy atom. The number of hydrogen-bond acceptors (Lipinski definition) is 7. The van der Waals surface area contributed by atoms with Crippen LogP contribution in [0.15, 0.2) is 81.8 Å². The minimum atomic E-state index is -0.374. The van der Waals surface area contributed by atoms with Crippen LogP contribution >= 0.6 is 0 Å². The van der Waals surface area contributed by atoms with Crippen molar-refractivity contribution >= 4 is 34.9 Å². The fraction of sp³-hybridized carbons (Fsp3) is 0.185. The van der Waals surface area contributed by atoms with Gasteiger partial charge in [0.1, 0.15) is 6.07 Å². The maximum absolute atomic E-state index is 12.9. The van der Waals surface area contributed by atoms with E-state index in [1.807, 2.05) is 23.1 Å². The number of urea groups is 1. The summed E-state index contributed by atoms with van der Waals surface area (Å²) >= 11 is 0. The Balaban J connectivity index is 1.16. The van der Waals surface area contributed by atoms with Gasteiger partial charge in [-0.25, -0.2) is 4.79 Å². The van der Waals surface area contributed by atoms with E-state index in [1.54, 1.807) is 48.5 Å². The molecule has 0 spiro atoms. The average Bonchev–Trinajstić information content (AvgIpc) is 3.60. The van der Waals surface area contributed by atoms with Gasteiger partial charge in [-0.3, -0.25) is 4.79 Å². The minimum absolute atomic E-state index is 0.0973. The molecule has 4 aromatic rings. The van der Waals surface area contributed by atoms with Crippen molar-refractivity contribution in [1.29, 1.82) is 5.26 Å². The summed E-state index contributed by atoms with van der Waals surface area (Å²) in [6, 6.07) is 21.3. The molecule has 3 heterocycles. The fourth-order valence-electron chi connectivity index (χ4n) is 4.18. The molecular formula is C27H24N6O4. The summed E-state index contributed by atoms with van der Waals surface area (Å²) < 4.78 is 11.1. The monoisotopic (exact) mass is 496 g/mol. The van der Waals surface area contributed by atoms with E-state index in [0.717, 1.165) is 0 Å². The van der Waals surface area contributed by atoms with Gasteiger partial charge >= 0.3 is 6.03 Å². The Kier molecular flexibility index (Phi) is 6.85. The smallest absolute Gasteiger partial charge is 0.323 e. The summed E-state index contributed by atoms with van der Waals surface area (Å²) in [6.07, 6.45) is 2.69. The Bertz CT molecular complexity index is 1420. The van der Waals surface area contributed by atoms with Crippen LogP contribution in [-0.2, 0) is 4.79 Å². The number of aromatic nitrogens is 1.